The Morgan fingerprint density at radius 2 is 1.95 bits per heavy atom. The van der Waals surface area contributed by atoms with Crippen LogP contribution in [0, 0.1) is 13.8 Å². The van der Waals surface area contributed by atoms with Crippen LogP contribution >= 0.6 is 11.8 Å². The maximum atomic E-state index is 11.2. The summed E-state index contributed by atoms with van der Waals surface area (Å²) >= 11 is 1.51. The van der Waals surface area contributed by atoms with E-state index in [2.05, 4.69) is 35.9 Å². The predicted octanol–water partition coefficient (Wildman–Crippen LogP) is 4.17. The maximum absolute atomic E-state index is 11.2. The van der Waals surface area contributed by atoms with Crippen molar-refractivity contribution in [3.63, 3.8) is 0 Å². The number of thioether (sulfide) groups is 1. The van der Waals surface area contributed by atoms with Gasteiger partial charge in [0.05, 0.1) is 16.6 Å². The lowest BCUT2D eigenvalue weighted by Crippen LogP contribution is -2.00. The van der Waals surface area contributed by atoms with Gasteiger partial charge in [0.2, 0.25) is 0 Å². The molecule has 2 aromatic carbocycles. The van der Waals surface area contributed by atoms with Gasteiger partial charge in [-0.15, -0.1) is 0 Å². The minimum absolute atomic E-state index is 0.345. The third-order valence-electron chi connectivity index (χ3n) is 3.69. The number of benzene rings is 2. The first kappa shape index (κ1) is 14.7. The monoisotopic (exact) mass is 312 g/mol. The molecule has 3 rings (SSSR count). The lowest BCUT2D eigenvalue weighted by Gasteiger charge is -2.03. The van der Waals surface area contributed by atoms with Crippen LogP contribution in [0.4, 0.5) is 0 Å². The van der Waals surface area contributed by atoms with Crippen molar-refractivity contribution >= 4 is 28.8 Å². The molecule has 0 unspecified atom stereocenters. The maximum Gasteiger partial charge on any atom is 0.335 e. The molecule has 0 saturated heterocycles. The van der Waals surface area contributed by atoms with Crippen LogP contribution in [-0.2, 0) is 5.75 Å². The topological polar surface area (TPSA) is 66.0 Å². The van der Waals surface area contributed by atoms with Gasteiger partial charge in [0, 0.05) is 5.75 Å². The average molecular weight is 312 g/mol. The Balaban J connectivity index is 1.84. The molecule has 0 bridgehead atoms. The Morgan fingerprint density at radius 3 is 2.73 bits per heavy atom. The summed E-state index contributed by atoms with van der Waals surface area (Å²) in [6, 6.07) is 11.2. The Bertz CT molecular complexity index is 816. The number of rotatable bonds is 4. The number of aryl methyl sites for hydroxylation is 2. The molecular formula is C17H16N2O2S. The highest BCUT2D eigenvalue weighted by Crippen LogP contribution is 2.26. The Kier molecular flexibility index (Phi) is 3.90. The van der Waals surface area contributed by atoms with E-state index >= 15 is 0 Å². The van der Waals surface area contributed by atoms with Crippen molar-refractivity contribution in [1.29, 1.82) is 0 Å². The van der Waals surface area contributed by atoms with Gasteiger partial charge >= 0.3 is 5.97 Å². The fourth-order valence-electron chi connectivity index (χ4n) is 2.32. The van der Waals surface area contributed by atoms with Gasteiger partial charge in [-0.1, -0.05) is 30.0 Å². The first-order valence-electron chi connectivity index (χ1n) is 6.95. The van der Waals surface area contributed by atoms with Crippen molar-refractivity contribution in [2.45, 2.75) is 24.8 Å². The fourth-order valence-corrected chi connectivity index (χ4v) is 3.20. The number of imidazole rings is 1. The summed E-state index contributed by atoms with van der Waals surface area (Å²) in [5, 5.41) is 10.0. The van der Waals surface area contributed by atoms with Gasteiger partial charge in [-0.2, -0.15) is 0 Å². The van der Waals surface area contributed by atoms with E-state index in [4.69, 9.17) is 0 Å². The molecule has 0 atom stereocenters. The van der Waals surface area contributed by atoms with Gasteiger partial charge in [0.25, 0.3) is 0 Å². The summed E-state index contributed by atoms with van der Waals surface area (Å²) in [4.78, 5) is 19.1. The van der Waals surface area contributed by atoms with Gasteiger partial charge < -0.3 is 10.1 Å². The zero-order valence-electron chi connectivity index (χ0n) is 12.4. The lowest BCUT2D eigenvalue weighted by molar-refractivity contribution is 0.0696. The minimum Gasteiger partial charge on any atom is -0.478 e. The van der Waals surface area contributed by atoms with Crippen LogP contribution in [-0.4, -0.2) is 21.0 Å². The molecule has 0 aliphatic rings. The summed E-state index contributed by atoms with van der Waals surface area (Å²) in [7, 11) is 0. The fraction of sp³-hybridized carbons (Fsp3) is 0.176. The van der Waals surface area contributed by atoms with E-state index in [-0.39, 0.29) is 0 Å². The molecule has 112 valence electrons. The highest BCUT2D eigenvalue weighted by Gasteiger charge is 2.11. The second kappa shape index (κ2) is 5.85. The van der Waals surface area contributed by atoms with Crippen LogP contribution in [0.5, 0.6) is 0 Å². The molecule has 0 radical (unpaired) electrons. The van der Waals surface area contributed by atoms with Crippen LogP contribution < -0.4 is 0 Å². The molecule has 22 heavy (non-hydrogen) atoms. The third kappa shape index (κ3) is 2.85. The van der Waals surface area contributed by atoms with Crippen molar-refractivity contribution in [3.8, 4) is 0 Å². The van der Waals surface area contributed by atoms with E-state index in [0.29, 0.717) is 11.3 Å². The Labute approximate surface area is 132 Å². The number of fused-ring (bicyclic) bond motifs is 1. The summed E-state index contributed by atoms with van der Waals surface area (Å²) in [5.74, 6) is -0.327. The number of nitrogens with zero attached hydrogens (tertiary/aromatic N) is 1. The molecule has 0 aliphatic heterocycles. The lowest BCUT2D eigenvalue weighted by atomic mass is 10.1. The van der Waals surface area contributed by atoms with E-state index < -0.39 is 5.97 Å². The number of hydrogen-bond acceptors (Lipinski definition) is 3. The number of H-pyrrole nitrogens is 1. The summed E-state index contributed by atoms with van der Waals surface area (Å²) in [5.41, 5.74) is 5.54. The highest BCUT2D eigenvalue weighted by molar-refractivity contribution is 7.98. The SMILES string of the molecule is Cc1cc2nc(SCc3ccccc3C(=O)O)[nH]c2cc1C. The molecule has 0 aliphatic carbocycles. The molecule has 5 heteroatoms. The first-order chi connectivity index (χ1) is 10.5. The van der Waals surface area contributed by atoms with Crippen LogP contribution in [0.15, 0.2) is 41.6 Å². The second-order valence-corrected chi connectivity index (χ2v) is 6.21. The Hall–Kier alpha value is -2.27. The average Bonchev–Trinajstić information content (AvgIpc) is 2.87. The predicted molar refractivity (Wildman–Crippen MR) is 88.5 cm³/mol. The molecule has 1 aromatic heterocycles. The molecule has 4 nitrogen and oxygen atoms in total. The summed E-state index contributed by atoms with van der Waals surface area (Å²) in [6.45, 7) is 4.14. The van der Waals surface area contributed by atoms with Gasteiger partial charge in [0.15, 0.2) is 5.16 Å². The van der Waals surface area contributed by atoms with E-state index in [9.17, 15) is 9.90 Å². The first-order valence-corrected chi connectivity index (χ1v) is 7.94. The highest BCUT2D eigenvalue weighted by atomic mass is 32.2. The number of nitrogens with one attached hydrogen (secondary N) is 1. The largest absolute Gasteiger partial charge is 0.478 e. The van der Waals surface area contributed by atoms with Crippen LogP contribution in [0.2, 0.25) is 0 Å². The molecule has 3 aromatic rings. The number of carboxylic acid groups (broad SMARTS) is 1. The molecule has 0 spiro atoms. The Morgan fingerprint density at radius 1 is 1.23 bits per heavy atom. The van der Waals surface area contributed by atoms with E-state index in [1.54, 1.807) is 12.1 Å². The number of aromatic amines is 1. The number of carbonyl (C=O) groups is 1. The van der Waals surface area contributed by atoms with E-state index in [1.807, 2.05) is 12.1 Å². The van der Waals surface area contributed by atoms with E-state index in [1.165, 1.54) is 22.9 Å². The van der Waals surface area contributed by atoms with Crippen molar-refractivity contribution < 1.29 is 9.90 Å². The summed E-state index contributed by atoms with van der Waals surface area (Å²) < 4.78 is 0. The van der Waals surface area contributed by atoms with Crippen molar-refractivity contribution in [3.05, 3.63) is 58.7 Å². The number of carboxylic acids is 1. The molecule has 0 saturated carbocycles. The normalized spacial score (nSPS) is 11.0. The molecule has 1 heterocycles. The zero-order chi connectivity index (χ0) is 15.7. The molecule has 0 amide bonds. The van der Waals surface area contributed by atoms with Crippen molar-refractivity contribution in [2.24, 2.45) is 0 Å². The van der Waals surface area contributed by atoms with E-state index in [0.717, 1.165) is 21.8 Å². The van der Waals surface area contributed by atoms with Gasteiger partial charge in [-0.25, -0.2) is 9.78 Å². The van der Waals surface area contributed by atoms with Gasteiger partial charge in [-0.3, -0.25) is 0 Å². The van der Waals surface area contributed by atoms with Crippen LogP contribution in [0.1, 0.15) is 27.0 Å². The number of aromatic nitrogens is 2. The van der Waals surface area contributed by atoms with Crippen LogP contribution in [0.25, 0.3) is 11.0 Å². The third-order valence-corrected chi connectivity index (χ3v) is 4.61. The van der Waals surface area contributed by atoms with Crippen molar-refractivity contribution in [1.82, 2.24) is 9.97 Å². The summed E-state index contributed by atoms with van der Waals surface area (Å²) in [6.07, 6.45) is 0. The second-order valence-electron chi connectivity index (χ2n) is 5.25. The quantitative estimate of drug-likeness (QED) is 0.710. The van der Waals surface area contributed by atoms with Gasteiger partial charge in [0.1, 0.15) is 0 Å². The molecule has 0 fully saturated rings. The van der Waals surface area contributed by atoms with Crippen LogP contribution in [0.3, 0.4) is 0 Å². The van der Waals surface area contributed by atoms with Gasteiger partial charge in [-0.05, 0) is 48.7 Å². The number of hydrogen-bond donors (Lipinski definition) is 2. The smallest absolute Gasteiger partial charge is 0.335 e. The molecular weight excluding hydrogens is 296 g/mol. The molecule has 2 N–H and O–H groups in total. The standard InChI is InChI=1S/C17H16N2O2S/c1-10-7-14-15(8-11(10)2)19-17(18-14)22-9-12-5-3-4-6-13(12)16(20)21/h3-8H,9H2,1-2H3,(H,18,19)(H,20,21). The number of aromatic carboxylic acids is 1. The minimum atomic E-state index is -0.896. The zero-order valence-corrected chi connectivity index (χ0v) is 13.2. The van der Waals surface area contributed by atoms with Crippen molar-refractivity contribution in [2.75, 3.05) is 0 Å².